The summed E-state index contributed by atoms with van der Waals surface area (Å²) in [6, 6.07) is 9.95. The fourth-order valence-electron chi connectivity index (χ4n) is 1.56. The highest BCUT2D eigenvalue weighted by atomic mass is 35.5. The van der Waals surface area contributed by atoms with E-state index in [1.54, 1.807) is 24.3 Å². The zero-order chi connectivity index (χ0) is 14.0. The molecule has 0 atom stereocenters. The van der Waals surface area contributed by atoms with Crippen LogP contribution in [0, 0.1) is 0 Å². The zero-order valence-electron chi connectivity index (χ0n) is 9.63. The molecular weight excluding hydrogens is 277 g/mol. The van der Waals surface area contributed by atoms with Crippen molar-refractivity contribution in [2.24, 2.45) is 0 Å². The van der Waals surface area contributed by atoms with E-state index in [9.17, 15) is 13.2 Å². The van der Waals surface area contributed by atoms with Crippen molar-refractivity contribution in [1.29, 1.82) is 0 Å². The van der Waals surface area contributed by atoms with Crippen LogP contribution in [0.3, 0.4) is 0 Å². The topological polar surface area (TPSA) is 38.0 Å². The molecule has 0 amide bonds. The molecule has 0 unspecified atom stereocenters. The molecule has 0 aromatic heterocycles. The fourth-order valence-corrected chi connectivity index (χ4v) is 1.79. The number of benzene rings is 2. The normalized spacial score (nSPS) is 11.4. The molecule has 0 saturated carbocycles. The highest BCUT2D eigenvalue weighted by Crippen LogP contribution is 2.34. The Kier molecular flexibility index (Phi) is 3.57. The van der Waals surface area contributed by atoms with Gasteiger partial charge >= 0.3 is 6.18 Å². The van der Waals surface area contributed by atoms with Gasteiger partial charge in [0.25, 0.3) is 0 Å². The first-order valence-electron chi connectivity index (χ1n) is 5.35. The van der Waals surface area contributed by atoms with Crippen LogP contribution in [0.15, 0.2) is 42.5 Å². The standard InChI is InChI=1S/C13H10ClF3N2/c14-9-5-8(13(15,16)17)6-12(7-9)19-11-3-1-10(18)2-4-11/h1-7,19H,18H2. The minimum absolute atomic E-state index is 0.0211. The van der Waals surface area contributed by atoms with Crippen molar-refractivity contribution in [3.05, 3.63) is 53.1 Å². The maximum Gasteiger partial charge on any atom is 0.416 e. The molecular formula is C13H10ClF3N2. The Hall–Kier alpha value is -1.88. The second-order valence-corrected chi connectivity index (χ2v) is 4.41. The molecule has 0 saturated heterocycles. The SMILES string of the molecule is Nc1ccc(Nc2cc(Cl)cc(C(F)(F)F)c2)cc1. The Labute approximate surface area is 113 Å². The van der Waals surface area contributed by atoms with Crippen molar-refractivity contribution in [1.82, 2.24) is 0 Å². The van der Waals surface area contributed by atoms with Crippen LogP contribution in [0.25, 0.3) is 0 Å². The van der Waals surface area contributed by atoms with Gasteiger partial charge in [0, 0.05) is 22.1 Å². The fraction of sp³-hybridized carbons (Fsp3) is 0.0769. The van der Waals surface area contributed by atoms with Gasteiger partial charge in [0.2, 0.25) is 0 Å². The Morgan fingerprint density at radius 1 is 0.947 bits per heavy atom. The number of nitrogens with two attached hydrogens (primary N) is 1. The van der Waals surface area contributed by atoms with Gasteiger partial charge in [-0.1, -0.05) is 11.6 Å². The number of halogens is 4. The summed E-state index contributed by atoms with van der Waals surface area (Å²) in [7, 11) is 0. The van der Waals surface area contributed by atoms with Crippen LogP contribution in [-0.2, 0) is 6.18 Å². The van der Waals surface area contributed by atoms with E-state index in [1.807, 2.05) is 0 Å². The molecule has 0 heterocycles. The van der Waals surface area contributed by atoms with Crippen molar-refractivity contribution in [3.8, 4) is 0 Å². The van der Waals surface area contributed by atoms with Crippen LogP contribution in [0.1, 0.15) is 5.56 Å². The molecule has 2 aromatic rings. The lowest BCUT2D eigenvalue weighted by atomic mass is 10.2. The number of nitrogen functional groups attached to an aromatic ring is 1. The van der Waals surface area contributed by atoms with E-state index in [0.29, 0.717) is 11.4 Å². The van der Waals surface area contributed by atoms with E-state index in [4.69, 9.17) is 17.3 Å². The molecule has 100 valence electrons. The summed E-state index contributed by atoms with van der Waals surface area (Å²) in [5.41, 5.74) is 6.21. The second-order valence-electron chi connectivity index (χ2n) is 3.97. The van der Waals surface area contributed by atoms with Gasteiger partial charge in [-0.25, -0.2) is 0 Å². The van der Waals surface area contributed by atoms with Gasteiger partial charge in [-0.3, -0.25) is 0 Å². The molecule has 0 aliphatic heterocycles. The number of hydrogen-bond acceptors (Lipinski definition) is 2. The van der Waals surface area contributed by atoms with Crippen LogP contribution in [0.2, 0.25) is 5.02 Å². The number of hydrogen-bond donors (Lipinski definition) is 2. The van der Waals surface area contributed by atoms with Crippen LogP contribution < -0.4 is 11.1 Å². The summed E-state index contributed by atoms with van der Waals surface area (Å²) in [6.45, 7) is 0. The Morgan fingerprint density at radius 3 is 2.16 bits per heavy atom. The van der Waals surface area contributed by atoms with Crippen LogP contribution in [-0.4, -0.2) is 0 Å². The average molecular weight is 287 g/mol. The molecule has 0 spiro atoms. The largest absolute Gasteiger partial charge is 0.416 e. The highest BCUT2D eigenvalue weighted by molar-refractivity contribution is 6.31. The summed E-state index contributed by atoms with van der Waals surface area (Å²) in [6.07, 6.45) is -4.43. The summed E-state index contributed by atoms with van der Waals surface area (Å²) in [4.78, 5) is 0. The van der Waals surface area contributed by atoms with Crippen molar-refractivity contribution >= 4 is 28.7 Å². The summed E-state index contributed by atoms with van der Waals surface area (Å²) < 4.78 is 37.9. The lowest BCUT2D eigenvalue weighted by molar-refractivity contribution is -0.137. The van der Waals surface area contributed by atoms with Crippen LogP contribution in [0.5, 0.6) is 0 Å². The van der Waals surface area contributed by atoms with E-state index in [-0.39, 0.29) is 10.7 Å². The summed E-state index contributed by atoms with van der Waals surface area (Å²) in [5.74, 6) is 0. The van der Waals surface area contributed by atoms with Crippen molar-refractivity contribution in [3.63, 3.8) is 0 Å². The van der Waals surface area contributed by atoms with Crippen LogP contribution >= 0.6 is 11.6 Å². The first kappa shape index (κ1) is 13.5. The maximum atomic E-state index is 12.6. The molecule has 2 nitrogen and oxygen atoms in total. The number of anilines is 3. The van der Waals surface area contributed by atoms with Gasteiger partial charge in [-0.2, -0.15) is 13.2 Å². The van der Waals surface area contributed by atoms with Gasteiger partial charge in [0.15, 0.2) is 0 Å². The van der Waals surface area contributed by atoms with Crippen LogP contribution in [0.4, 0.5) is 30.2 Å². The third kappa shape index (κ3) is 3.54. The third-order valence-electron chi connectivity index (χ3n) is 2.42. The Bertz CT molecular complexity index is 579. The molecule has 2 rings (SSSR count). The molecule has 3 N–H and O–H groups in total. The first-order chi connectivity index (χ1) is 8.84. The third-order valence-corrected chi connectivity index (χ3v) is 2.64. The Morgan fingerprint density at radius 2 is 1.58 bits per heavy atom. The lowest BCUT2D eigenvalue weighted by Crippen LogP contribution is -2.05. The summed E-state index contributed by atoms with van der Waals surface area (Å²) in [5, 5.41) is 2.87. The minimum Gasteiger partial charge on any atom is -0.399 e. The van der Waals surface area contributed by atoms with E-state index in [2.05, 4.69) is 5.32 Å². The van der Waals surface area contributed by atoms with E-state index in [1.165, 1.54) is 6.07 Å². The number of nitrogens with one attached hydrogen (secondary N) is 1. The number of alkyl halides is 3. The van der Waals surface area contributed by atoms with Crippen molar-refractivity contribution < 1.29 is 13.2 Å². The van der Waals surface area contributed by atoms with Gasteiger partial charge < -0.3 is 11.1 Å². The molecule has 2 aromatic carbocycles. The predicted octanol–water partition coefficient (Wildman–Crippen LogP) is 4.68. The van der Waals surface area contributed by atoms with Crippen molar-refractivity contribution in [2.75, 3.05) is 11.1 Å². The molecule has 0 radical (unpaired) electrons. The minimum atomic E-state index is -4.43. The predicted molar refractivity (Wildman–Crippen MR) is 70.6 cm³/mol. The lowest BCUT2D eigenvalue weighted by Gasteiger charge is -2.11. The Balaban J connectivity index is 2.30. The van der Waals surface area contributed by atoms with Gasteiger partial charge in [-0.05, 0) is 42.5 Å². The number of rotatable bonds is 2. The smallest absolute Gasteiger partial charge is 0.399 e. The van der Waals surface area contributed by atoms with Gasteiger partial charge in [0.1, 0.15) is 0 Å². The maximum absolute atomic E-state index is 12.6. The average Bonchev–Trinajstić information content (AvgIpc) is 2.30. The quantitative estimate of drug-likeness (QED) is 0.786. The zero-order valence-corrected chi connectivity index (χ0v) is 10.4. The van der Waals surface area contributed by atoms with Crippen molar-refractivity contribution in [2.45, 2.75) is 6.18 Å². The second kappa shape index (κ2) is 5.01. The van der Waals surface area contributed by atoms with Gasteiger partial charge in [-0.15, -0.1) is 0 Å². The molecule has 6 heteroatoms. The molecule has 0 fully saturated rings. The molecule has 19 heavy (non-hydrogen) atoms. The van der Waals surface area contributed by atoms with E-state index in [0.717, 1.165) is 12.1 Å². The van der Waals surface area contributed by atoms with E-state index >= 15 is 0 Å². The van der Waals surface area contributed by atoms with Gasteiger partial charge in [0.05, 0.1) is 5.56 Å². The molecule has 0 aliphatic carbocycles. The first-order valence-corrected chi connectivity index (χ1v) is 5.73. The highest BCUT2D eigenvalue weighted by Gasteiger charge is 2.31. The molecule has 0 bridgehead atoms. The molecule has 0 aliphatic rings. The summed E-state index contributed by atoms with van der Waals surface area (Å²) >= 11 is 5.69. The monoisotopic (exact) mass is 286 g/mol. The van der Waals surface area contributed by atoms with E-state index < -0.39 is 11.7 Å².